The summed E-state index contributed by atoms with van der Waals surface area (Å²) in [5, 5.41) is 11.2. The van der Waals surface area contributed by atoms with E-state index in [1.807, 2.05) is 0 Å². The quantitative estimate of drug-likeness (QED) is 0.446. The molecule has 2 aromatic rings. The molecule has 0 atom stereocenters. The van der Waals surface area contributed by atoms with Crippen molar-refractivity contribution < 1.29 is 9.72 Å². The molecule has 2 rings (SSSR count). The van der Waals surface area contributed by atoms with Crippen molar-refractivity contribution in [3.63, 3.8) is 0 Å². The number of non-ortho nitro benzene ring substituents is 1. The fourth-order valence-corrected chi connectivity index (χ4v) is 1.39. The van der Waals surface area contributed by atoms with Gasteiger partial charge in [-0.15, -0.1) is 0 Å². The Hall–Kier alpha value is -2.17. The summed E-state index contributed by atoms with van der Waals surface area (Å²) in [5.74, 6) is 0. The number of nitro groups is 1. The Balaban J connectivity index is 2.83. The van der Waals surface area contributed by atoms with E-state index in [2.05, 4.69) is 4.98 Å². The lowest BCUT2D eigenvalue weighted by Gasteiger charge is -1.95. The molecule has 0 fully saturated rings. The molecule has 1 heterocycles. The average Bonchev–Trinajstić information content (AvgIpc) is 2.63. The summed E-state index contributed by atoms with van der Waals surface area (Å²) in [6, 6.07) is 4.46. The number of hydrogen-bond acceptors (Lipinski definition) is 3. The normalized spacial score (nSPS) is 10.3. The molecule has 1 aromatic carbocycles. The molecule has 0 bridgehead atoms. The van der Waals surface area contributed by atoms with Gasteiger partial charge in [0.15, 0.2) is 0 Å². The smallest absolute Gasteiger partial charge is 0.279 e. The van der Waals surface area contributed by atoms with Crippen LogP contribution in [-0.4, -0.2) is 16.2 Å². The molecule has 0 saturated carbocycles. The highest BCUT2D eigenvalue weighted by molar-refractivity contribution is 5.93. The third-order valence-electron chi connectivity index (χ3n) is 2.00. The molecule has 1 N–H and O–H groups in total. The number of carbonyl (C=O) groups excluding carboxylic acids is 1. The highest BCUT2D eigenvalue weighted by Crippen LogP contribution is 2.25. The van der Waals surface area contributed by atoms with Gasteiger partial charge in [0, 0.05) is 17.8 Å². The maximum absolute atomic E-state index is 10.7. The van der Waals surface area contributed by atoms with E-state index in [0.29, 0.717) is 22.8 Å². The Morgan fingerprint density at radius 1 is 1.43 bits per heavy atom. The standard InChI is InChI=1S/C9H6N2O3/c12-5-6-3-8-7(1-2-10-8)9(4-6)11(13)14/h1-5,10H. The van der Waals surface area contributed by atoms with Gasteiger partial charge < -0.3 is 4.98 Å². The predicted octanol–water partition coefficient (Wildman–Crippen LogP) is 1.89. The van der Waals surface area contributed by atoms with Gasteiger partial charge in [-0.05, 0) is 12.1 Å². The number of benzene rings is 1. The van der Waals surface area contributed by atoms with Crippen molar-refractivity contribution in [2.24, 2.45) is 0 Å². The minimum atomic E-state index is -0.497. The molecule has 70 valence electrons. The Bertz CT molecular complexity index is 516. The Morgan fingerprint density at radius 2 is 2.21 bits per heavy atom. The zero-order chi connectivity index (χ0) is 10.1. The SMILES string of the molecule is O=Cc1cc([N+](=O)[O-])c2cc[nH]c2c1. The number of H-pyrrole nitrogens is 1. The van der Waals surface area contributed by atoms with Crippen LogP contribution in [0, 0.1) is 10.1 Å². The van der Waals surface area contributed by atoms with Crippen LogP contribution < -0.4 is 0 Å². The zero-order valence-electron chi connectivity index (χ0n) is 7.06. The second-order valence-corrected chi connectivity index (χ2v) is 2.85. The van der Waals surface area contributed by atoms with Gasteiger partial charge in [0.2, 0.25) is 0 Å². The van der Waals surface area contributed by atoms with Crippen LogP contribution in [0.5, 0.6) is 0 Å². The van der Waals surface area contributed by atoms with Crippen LogP contribution in [0.1, 0.15) is 10.4 Å². The van der Waals surface area contributed by atoms with Gasteiger partial charge in [-0.3, -0.25) is 14.9 Å². The van der Waals surface area contributed by atoms with Crippen molar-refractivity contribution in [3.8, 4) is 0 Å². The molecule has 1 aromatic heterocycles. The molecule has 0 aliphatic rings. The van der Waals surface area contributed by atoms with E-state index in [1.165, 1.54) is 6.07 Å². The van der Waals surface area contributed by atoms with Gasteiger partial charge in [-0.25, -0.2) is 0 Å². The molecular weight excluding hydrogens is 184 g/mol. The van der Waals surface area contributed by atoms with Crippen LogP contribution in [0.2, 0.25) is 0 Å². The molecule has 14 heavy (non-hydrogen) atoms. The van der Waals surface area contributed by atoms with E-state index < -0.39 is 4.92 Å². The predicted molar refractivity (Wildman–Crippen MR) is 50.3 cm³/mol. The van der Waals surface area contributed by atoms with Crippen LogP contribution >= 0.6 is 0 Å². The number of nitro benzene ring substituents is 1. The maximum atomic E-state index is 10.7. The van der Waals surface area contributed by atoms with Crippen molar-refractivity contribution in [2.45, 2.75) is 0 Å². The number of aromatic nitrogens is 1. The van der Waals surface area contributed by atoms with E-state index >= 15 is 0 Å². The number of hydrogen-bond donors (Lipinski definition) is 1. The first-order valence-electron chi connectivity index (χ1n) is 3.93. The summed E-state index contributed by atoms with van der Waals surface area (Å²) >= 11 is 0. The van der Waals surface area contributed by atoms with Gasteiger partial charge in [-0.2, -0.15) is 0 Å². The van der Waals surface area contributed by atoms with Gasteiger partial charge in [-0.1, -0.05) is 0 Å². The molecule has 5 nitrogen and oxygen atoms in total. The third kappa shape index (κ3) is 1.15. The Kier molecular flexibility index (Phi) is 1.78. The number of fused-ring (bicyclic) bond motifs is 1. The van der Waals surface area contributed by atoms with E-state index in [9.17, 15) is 14.9 Å². The van der Waals surface area contributed by atoms with Crippen molar-refractivity contribution in [3.05, 3.63) is 40.1 Å². The lowest BCUT2D eigenvalue weighted by molar-refractivity contribution is -0.383. The van der Waals surface area contributed by atoms with Gasteiger partial charge in [0.25, 0.3) is 5.69 Å². The van der Waals surface area contributed by atoms with E-state index in [1.54, 1.807) is 18.3 Å². The lowest BCUT2D eigenvalue weighted by Crippen LogP contribution is -1.91. The molecule has 0 saturated heterocycles. The molecule has 5 heteroatoms. The third-order valence-corrected chi connectivity index (χ3v) is 2.00. The largest absolute Gasteiger partial charge is 0.361 e. The molecule has 0 unspecified atom stereocenters. The number of rotatable bonds is 2. The minimum absolute atomic E-state index is 0.0501. The average molecular weight is 190 g/mol. The van der Waals surface area contributed by atoms with Gasteiger partial charge in [0.05, 0.1) is 15.8 Å². The first kappa shape index (κ1) is 8.43. The molecular formula is C9H6N2O3. The van der Waals surface area contributed by atoms with Crippen molar-refractivity contribution in [1.29, 1.82) is 0 Å². The highest BCUT2D eigenvalue weighted by atomic mass is 16.6. The maximum Gasteiger partial charge on any atom is 0.279 e. The molecule has 0 aliphatic carbocycles. The first-order valence-corrected chi connectivity index (χ1v) is 3.93. The number of aromatic amines is 1. The van der Waals surface area contributed by atoms with Crippen molar-refractivity contribution in [1.82, 2.24) is 4.98 Å². The zero-order valence-corrected chi connectivity index (χ0v) is 7.06. The highest BCUT2D eigenvalue weighted by Gasteiger charge is 2.13. The summed E-state index contributed by atoms with van der Waals surface area (Å²) in [6.45, 7) is 0. The second-order valence-electron chi connectivity index (χ2n) is 2.85. The van der Waals surface area contributed by atoms with Crippen LogP contribution in [0.3, 0.4) is 0 Å². The van der Waals surface area contributed by atoms with Gasteiger partial charge >= 0.3 is 0 Å². The first-order chi connectivity index (χ1) is 6.72. The summed E-state index contributed by atoms with van der Waals surface area (Å²) < 4.78 is 0. The molecule has 0 radical (unpaired) electrons. The van der Waals surface area contributed by atoms with E-state index in [-0.39, 0.29) is 5.69 Å². The Morgan fingerprint density at radius 3 is 2.86 bits per heavy atom. The summed E-state index contributed by atoms with van der Waals surface area (Å²) in [5.41, 5.74) is 0.846. The molecule has 0 aliphatic heterocycles. The monoisotopic (exact) mass is 190 g/mol. The summed E-state index contributed by atoms with van der Waals surface area (Å²) in [7, 11) is 0. The summed E-state index contributed by atoms with van der Waals surface area (Å²) in [4.78, 5) is 23.5. The topological polar surface area (TPSA) is 76.0 Å². The van der Waals surface area contributed by atoms with Crippen LogP contribution in [0.15, 0.2) is 24.4 Å². The van der Waals surface area contributed by atoms with Crippen molar-refractivity contribution in [2.75, 3.05) is 0 Å². The number of aldehydes is 1. The van der Waals surface area contributed by atoms with Gasteiger partial charge in [0.1, 0.15) is 6.29 Å². The number of nitrogens with one attached hydrogen (secondary N) is 1. The lowest BCUT2D eigenvalue weighted by atomic mass is 10.1. The number of carbonyl (C=O) groups is 1. The fourth-order valence-electron chi connectivity index (χ4n) is 1.39. The fraction of sp³-hybridized carbons (Fsp3) is 0. The number of nitrogens with zero attached hydrogens (tertiary/aromatic N) is 1. The summed E-state index contributed by atoms with van der Waals surface area (Å²) in [6.07, 6.45) is 2.19. The van der Waals surface area contributed by atoms with Crippen LogP contribution in [0.4, 0.5) is 5.69 Å². The van der Waals surface area contributed by atoms with Crippen LogP contribution in [0.25, 0.3) is 10.9 Å². The minimum Gasteiger partial charge on any atom is -0.361 e. The van der Waals surface area contributed by atoms with Crippen molar-refractivity contribution >= 4 is 22.9 Å². The van der Waals surface area contributed by atoms with Crippen LogP contribution in [-0.2, 0) is 0 Å². The second kappa shape index (κ2) is 2.95. The van der Waals surface area contributed by atoms with E-state index in [4.69, 9.17) is 0 Å². The Labute approximate surface area is 78.5 Å². The molecule has 0 amide bonds. The van der Waals surface area contributed by atoms with E-state index in [0.717, 1.165) is 0 Å². The molecule has 0 spiro atoms.